The zero-order chi connectivity index (χ0) is 15.2. The monoisotopic (exact) mass is 279 g/mol. The van der Waals surface area contributed by atoms with E-state index < -0.39 is 11.7 Å². The summed E-state index contributed by atoms with van der Waals surface area (Å²) < 4.78 is 5.08. The third kappa shape index (κ3) is 5.71. The lowest BCUT2D eigenvalue weighted by molar-refractivity contribution is 0.0497. The van der Waals surface area contributed by atoms with Crippen LogP contribution in [0.5, 0.6) is 0 Å². The SMILES string of the molecule is CNC(=O)c1ccc(CNNC(=O)OC(C)(C)C)cc1. The quantitative estimate of drug-likeness (QED) is 0.731. The molecule has 3 N–H and O–H groups in total. The van der Waals surface area contributed by atoms with Gasteiger partial charge in [0.25, 0.3) is 5.91 Å². The molecule has 1 rings (SSSR count). The first-order valence-electron chi connectivity index (χ1n) is 6.34. The Bertz CT molecular complexity index is 464. The summed E-state index contributed by atoms with van der Waals surface area (Å²) in [4.78, 5) is 22.7. The molecule has 110 valence electrons. The summed E-state index contributed by atoms with van der Waals surface area (Å²) in [5, 5.41) is 2.55. The third-order valence-corrected chi connectivity index (χ3v) is 2.33. The van der Waals surface area contributed by atoms with Gasteiger partial charge in [-0.1, -0.05) is 12.1 Å². The molecule has 0 bridgehead atoms. The molecule has 0 spiro atoms. The molecule has 0 atom stereocenters. The molecule has 0 aliphatic carbocycles. The van der Waals surface area contributed by atoms with Crippen LogP contribution >= 0.6 is 0 Å². The predicted molar refractivity (Wildman–Crippen MR) is 76.0 cm³/mol. The lowest BCUT2D eigenvalue weighted by Gasteiger charge is -2.19. The summed E-state index contributed by atoms with van der Waals surface area (Å²) >= 11 is 0. The van der Waals surface area contributed by atoms with E-state index in [0.717, 1.165) is 5.56 Å². The van der Waals surface area contributed by atoms with Crippen molar-refractivity contribution in [1.82, 2.24) is 16.2 Å². The van der Waals surface area contributed by atoms with Gasteiger partial charge in [0.15, 0.2) is 0 Å². The Hall–Kier alpha value is -2.08. The van der Waals surface area contributed by atoms with Crippen LogP contribution in [0, 0.1) is 0 Å². The second-order valence-corrected chi connectivity index (χ2v) is 5.26. The number of rotatable bonds is 4. The summed E-state index contributed by atoms with van der Waals surface area (Å²) in [5.41, 5.74) is 6.21. The largest absolute Gasteiger partial charge is 0.443 e. The average molecular weight is 279 g/mol. The number of benzene rings is 1. The van der Waals surface area contributed by atoms with Gasteiger partial charge in [-0.3, -0.25) is 10.2 Å². The van der Waals surface area contributed by atoms with Crippen LogP contribution in [-0.2, 0) is 11.3 Å². The van der Waals surface area contributed by atoms with Gasteiger partial charge in [0, 0.05) is 19.2 Å². The third-order valence-electron chi connectivity index (χ3n) is 2.33. The van der Waals surface area contributed by atoms with Gasteiger partial charge in [-0.15, -0.1) is 0 Å². The number of hydrazine groups is 1. The van der Waals surface area contributed by atoms with Gasteiger partial charge in [-0.25, -0.2) is 10.2 Å². The molecule has 6 nitrogen and oxygen atoms in total. The van der Waals surface area contributed by atoms with E-state index in [2.05, 4.69) is 16.2 Å². The molecule has 0 saturated heterocycles. The van der Waals surface area contributed by atoms with Gasteiger partial charge < -0.3 is 10.1 Å². The van der Waals surface area contributed by atoms with E-state index in [1.54, 1.807) is 40.0 Å². The van der Waals surface area contributed by atoms with E-state index in [0.29, 0.717) is 12.1 Å². The minimum absolute atomic E-state index is 0.128. The maximum atomic E-state index is 11.4. The molecule has 6 heteroatoms. The topological polar surface area (TPSA) is 79.5 Å². The lowest BCUT2D eigenvalue weighted by atomic mass is 10.1. The van der Waals surface area contributed by atoms with Crippen molar-refractivity contribution >= 4 is 12.0 Å². The molecule has 0 aliphatic heterocycles. The minimum Gasteiger partial charge on any atom is -0.443 e. The summed E-state index contributed by atoms with van der Waals surface area (Å²) in [6, 6.07) is 7.08. The van der Waals surface area contributed by atoms with Gasteiger partial charge in [-0.05, 0) is 38.5 Å². The highest BCUT2D eigenvalue weighted by molar-refractivity contribution is 5.93. The van der Waals surface area contributed by atoms with Crippen LogP contribution < -0.4 is 16.2 Å². The smallest absolute Gasteiger partial charge is 0.422 e. The second kappa shape index (κ2) is 6.91. The van der Waals surface area contributed by atoms with Gasteiger partial charge in [0.1, 0.15) is 5.60 Å². The predicted octanol–water partition coefficient (Wildman–Crippen LogP) is 1.58. The molecule has 0 unspecified atom stereocenters. The molecule has 0 radical (unpaired) electrons. The summed E-state index contributed by atoms with van der Waals surface area (Å²) in [6.07, 6.45) is -0.528. The number of carbonyl (C=O) groups excluding carboxylic acids is 2. The first-order chi connectivity index (χ1) is 9.31. The molecule has 20 heavy (non-hydrogen) atoms. The molecule has 0 saturated carbocycles. The number of hydrogen-bond donors (Lipinski definition) is 3. The van der Waals surface area contributed by atoms with Crippen molar-refractivity contribution in [1.29, 1.82) is 0 Å². The number of amides is 2. The molecular formula is C14H21N3O3. The summed E-state index contributed by atoms with van der Waals surface area (Å²) in [6.45, 7) is 5.82. The van der Waals surface area contributed by atoms with Crippen molar-refractivity contribution in [2.75, 3.05) is 7.05 Å². The molecule has 0 fully saturated rings. The van der Waals surface area contributed by atoms with Crippen molar-refractivity contribution in [2.45, 2.75) is 32.9 Å². The van der Waals surface area contributed by atoms with Gasteiger partial charge in [0.05, 0.1) is 0 Å². The fourth-order valence-electron chi connectivity index (χ4n) is 1.44. The maximum Gasteiger partial charge on any atom is 0.422 e. The van der Waals surface area contributed by atoms with E-state index >= 15 is 0 Å². The standard InChI is InChI=1S/C14H21N3O3/c1-14(2,3)20-13(19)17-16-9-10-5-7-11(8-6-10)12(18)15-4/h5-8,16H,9H2,1-4H3,(H,15,18)(H,17,19). The number of hydrogen-bond acceptors (Lipinski definition) is 4. The maximum absolute atomic E-state index is 11.4. The number of ether oxygens (including phenoxy) is 1. The zero-order valence-electron chi connectivity index (χ0n) is 12.2. The summed E-state index contributed by atoms with van der Waals surface area (Å²) in [7, 11) is 1.59. The molecule has 1 aromatic carbocycles. The Balaban J connectivity index is 2.39. The molecule has 0 aromatic heterocycles. The normalized spacial score (nSPS) is 10.8. The Morgan fingerprint density at radius 3 is 2.25 bits per heavy atom. The van der Waals surface area contributed by atoms with E-state index in [-0.39, 0.29) is 5.91 Å². The minimum atomic E-state index is -0.528. The van der Waals surface area contributed by atoms with E-state index in [1.807, 2.05) is 12.1 Å². The number of carbonyl (C=O) groups is 2. The van der Waals surface area contributed by atoms with Crippen molar-refractivity contribution in [2.24, 2.45) is 0 Å². The van der Waals surface area contributed by atoms with Crippen molar-refractivity contribution < 1.29 is 14.3 Å². The van der Waals surface area contributed by atoms with Crippen molar-refractivity contribution in [3.8, 4) is 0 Å². The molecule has 1 aromatic rings. The van der Waals surface area contributed by atoms with Gasteiger partial charge >= 0.3 is 6.09 Å². The Kier molecular flexibility index (Phi) is 5.52. The molecular weight excluding hydrogens is 258 g/mol. The van der Waals surface area contributed by atoms with Crippen LogP contribution in [0.15, 0.2) is 24.3 Å². The summed E-state index contributed by atoms with van der Waals surface area (Å²) in [5.74, 6) is -0.128. The highest BCUT2D eigenvalue weighted by atomic mass is 16.6. The first kappa shape index (κ1) is 16.0. The van der Waals surface area contributed by atoms with Crippen LogP contribution in [0.4, 0.5) is 4.79 Å². The highest BCUT2D eigenvalue weighted by Gasteiger charge is 2.15. The van der Waals surface area contributed by atoms with Gasteiger partial charge in [0.2, 0.25) is 0 Å². The fraction of sp³-hybridized carbons (Fsp3) is 0.429. The van der Waals surface area contributed by atoms with Crippen LogP contribution in [0.1, 0.15) is 36.7 Å². The molecule has 2 amide bonds. The van der Waals surface area contributed by atoms with Crippen molar-refractivity contribution in [3.05, 3.63) is 35.4 Å². The van der Waals surface area contributed by atoms with Crippen molar-refractivity contribution in [3.63, 3.8) is 0 Å². The van der Waals surface area contributed by atoms with Crippen LogP contribution in [-0.4, -0.2) is 24.6 Å². The van der Waals surface area contributed by atoms with Crippen LogP contribution in [0.25, 0.3) is 0 Å². The van der Waals surface area contributed by atoms with E-state index in [4.69, 9.17) is 4.74 Å². The van der Waals surface area contributed by atoms with Gasteiger partial charge in [-0.2, -0.15) is 0 Å². The zero-order valence-corrected chi connectivity index (χ0v) is 12.2. The Labute approximate surface area is 118 Å². The average Bonchev–Trinajstić information content (AvgIpc) is 2.36. The lowest BCUT2D eigenvalue weighted by Crippen LogP contribution is -2.40. The highest BCUT2D eigenvalue weighted by Crippen LogP contribution is 2.06. The molecule has 0 aliphatic rings. The van der Waals surface area contributed by atoms with E-state index in [1.165, 1.54) is 0 Å². The van der Waals surface area contributed by atoms with Crippen LogP contribution in [0.3, 0.4) is 0 Å². The number of nitrogens with one attached hydrogen (secondary N) is 3. The molecule has 0 heterocycles. The second-order valence-electron chi connectivity index (χ2n) is 5.26. The van der Waals surface area contributed by atoms with E-state index in [9.17, 15) is 9.59 Å². The van der Waals surface area contributed by atoms with Crippen LogP contribution in [0.2, 0.25) is 0 Å². The fourth-order valence-corrected chi connectivity index (χ4v) is 1.44. The Morgan fingerprint density at radius 2 is 1.75 bits per heavy atom. The Morgan fingerprint density at radius 1 is 1.15 bits per heavy atom. The first-order valence-corrected chi connectivity index (χ1v) is 6.34.